The number of hydrogen-bond donors (Lipinski definition) is 1. The van der Waals surface area contributed by atoms with Gasteiger partial charge in [0.05, 0.1) is 4.88 Å². The van der Waals surface area contributed by atoms with Crippen LogP contribution in [-0.2, 0) is 0 Å². The molecule has 0 saturated carbocycles. The third-order valence-electron chi connectivity index (χ3n) is 4.77. The van der Waals surface area contributed by atoms with Crippen LogP contribution in [0.5, 0.6) is 5.88 Å². The van der Waals surface area contributed by atoms with Gasteiger partial charge in [0.2, 0.25) is 10.8 Å². The second-order valence-electron chi connectivity index (χ2n) is 6.71. The van der Waals surface area contributed by atoms with Crippen LogP contribution in [0.3, 0.4) is 0 Å². The molecule has 6 nitrogen and oxygen atoms in total. The van der Waals surface area contributed by atoms with Gasteiger partial charge in [-0.3, -0.25) is 4.90 Å². The van der Waals surface area contributed by atoms with E-state index in [0.29, 0.717) is 5.82 Å². The Kier molecular flexibility index (Phi) is 3.85. The van der Waals surface area contributed by atoms with Crippen LogP contribution >= 0.6 is 11.3 Å². The van der Waals surface area contributed by atoms with Crippen molar-refractivity contribution in [2.45, 2.75) is 39.7 Å². The summed E-state index contributed by atoms with van der Waals surface area (Å²) in [7, 11) is 0. The number of rotatable bonds is 3. The molecule has 24 heavy (non-hydrogen) atoms. The molecule has 1 aliphatic heterocycles. The van der Waals surface area contributed by atoms with Crippen LogP contribution in [0.4, 0.5) is 0 Å². The van der Waals surface area contributed by atoms with E-state index >= 15 is 0 Å². The van der Waals surface area contributed by atoms with E-state index in [2.05, 4.69) is 21.9 Å². The first kappa shape index (κ1) is 15.7. The molecule has 4 rings (SSSR count). The molecule has 7 heteroatoms. The number of aryl methyl sites for hydroxylation is 2. The quantitative estimate of drug-likeness (QED) is 0.786. The number of thiazole rings is 1. The second-order valence-corrected chi connectivity index (χ2v) is 7.72. The third kappa shape index (κ3) is 2.61. The molecule has 0 radical (unpaired) electrons. The number of aromatic nitrogens is 3. The first-order chi connectivity index (χ1) is 11.5. The molecule has 0 aromatic carbocycles. The average molecular weight is 346 g/mol. The number of aromatic hydroxyl groups is 1. The van der Waals surface area contributed by atoms with E-state index in [9.17, 15) is 5.11 Å². The third-order valence-corrected chi connectivity index (χ3v) is 5.84. The topological polar surface area (TPSA) is 66.8 Å². The fourth-order valence-electron chi connectivity index (χ4n) is 3.39. The van der Waals surface area contributed by atoms with Crippen molar-refractivity contribution in [3.63, 3.8) is 0 Å². The zero-order valence-corrected chi connectivity index (χ0v) is 15.0. The fourth-order valence-corrected chi connectivity index (χ4v) is 4.53. The Morgan fingerprint density at radius 3 is 2.67 bits per heavy atom. The van der Waals surface area contributed by atoms with Crippen LogP contribution in [0, 0.1) is 19.8 Å². The molecule has 0 unspecified atom stereocenters. The summed E-state index contributed by atoms with van der Waals surface area (Å²) in [5.74, 6) is 3.35. The Morgan fingerprint density at radius 1 is 1.29 bits per heavy atom. The van der Waals surface area contributed by atoms with Gasteiger partial charge in [-0.05, 0) is 57.8 Å². The summed E-state index contributed by atoms with van der Waals surface area (Å²) in [6.07, 6.45) is 2.33. The van der Waals surface area contributed by atoms with Crippen LogP contribution in [0.1, 0.15) is 48.0 Å². The summed E-state index contributed by atoms with van der Waals surface area (Å²) >= 11 is 1.49. The van der Waals surface area contributed by atoms with Gasteiger partial charge >= 0.3 is 0 Å². The van der Waals surface area contributed by atoms with E-state index in [0.717, 1.165) is 53.2 Å². The highest BCUT2D eigenvalue weighted by molar-refractivity contribution is 7.17. The lowest BCUT2D eigenvalue weighted by atomic mass is 9.97. The van der Waals surface area contributed by atoms with E-state index in [1.54, 1.807) is 0 Å². The van der Waals surface area contributed by atoms with Crippen LogP contribution < -0.4 is 0 Å². The van der Waals surface area contributed by atoms with Crippen molar-refractivity contribution in [3.8, 4) is 5.88 Å². The predicted molar refractivity (Wildman–Crippen MR) is 92.5 cm³/mol. The molecule has 1 fully saturated rings. The molecule has 1 N–H and O–H groups in total. The van der Waals surface area contributed by atoms with E-state index in [-0.39, 0.29) is 11.9 Å². The van der Waals surface area contributed by atoms with Crippen molar-refractivity contribution in [2.75, 3.05) is 13.1 Å². The normalized spacial score (nSPS) is 18.5. The van der Waals surface area contributed by atoms with Crippen molar-refractivity contribution < 1.29 is 9.52 Å². The van der Waals surface area contributed by atoms with Gasteiger partial charge in [-0.2, -0.15) is 4.52 Å². The lowest BCUT2D eigenvalue weighted by Crippen LogP contribution is -2.36. The average Bonchev–Trinajstić information content (AvgIpc) is 3.20. The summed E-state index contributed by atoms with van der Waals surface area (Å²) in [6.45, 7) is 8.07. The van der Waals surface area contributed by atoms with Crippen LogP contribution in [0.15, 0.2) is 16.5 Å². The molecule has 4 heterocycles. The molecular formula is C17H22N4O2S. The number of furan rings is 1. The molecule has 1 atom stereocenters. The molecule has 0 bridgehead atoms. The van der Waals surface area contributed by atoms with E-state index in [1.165, 1.54) is 15.9 Å². The zero-order chi connectivity index (χ0) is 16.8. The standard InChI is InChI=1S/C17H22N4O2S/c1-10-6-8-20(9-7-10)14(13-5-4-11(2)23-13)15-16(22)21-17(24-15)18-12(3)19-21/h4-5,10,14,22H,6-9H2,1-3H3/t14-/m0/s1. The Labute approximate surface area is 144 Å². The van der Waals surface area contributed by atoms with Gasteiger partial charge in [-0.25, -0.2) is 4.98 Å². The minimum Gasteiger partial charge on any atom is -0.492 e. The largest absolute Gasteiger partial charge is 0.492 e. The molecule has 128 valence electrons. The molecule has 0 spiro atoms. The van der Waals surface area contributed by atoms with Gasteiger partial charge in [0, 0.05) is 0 Å². The first-order valence-electron chi connectivity index (χ1n) is 8.38. The van der Waals surface area contributed by atoms with Crippen LogP contribution in [0.25, 0.3) is 4.96 Å². The van der Waals surface area contributed by atoms with Gasteiger partial charge in [0.1, 0.15) is 23.4 Å². The molecule has 3 aromatic heterocycles. The zero-order valence-electron chi connectivity index (χ0n) is 14.2. The molecule has 1 saturated heterocycles. The highest BCUT2D eigenvalue weighted by Crippen LogP contribution is 2.41. The predicted octanol–water partition coefficient (Wildman–Crippen LogP) is 3.53. The van der Waals surface area contributed by atoms with Gasteiger partial charge < -0.3 is 9.52 Å². The summed E-state index contributed by atoms with van der Waals surface area (Å²) in [5.41, 5.74) is 0. The smallest absolute Gasteiger partial charge is 0.230 e. The van der Waals surface area contributed by atoms with Crippen molar-refractivity contribution in [1.82, 2.24) is 19.5 Å². The molecule has 3 aromatic rings. The van der Waals surface area contributed by atoms with Gasteiger partial charge in [0.15, 0.2) is 0 Å². The Hall–Kier alpha value is -1.86. The van der Waals surface area contributed by atoms with Crippen molar-refractivity contribution in [1.29, 1.82) is 0 Å². The lowest BCUT2D eigenvalue weighted by molar-refractivity contribution is 0.143. The minimum atomic E-state index is -0.0833. The summed E-state index contributed by atoms with van der Waals surface area (Å²) < 4.78 is 7.47. The second kappa shape index (κ2) is 5.89. The molecule has 1 aliphatic rings. The summed E-state index contributed by atoms with van der Waals surface area (Å²) in [4.78, 5) is 8.37. The first-order valence-corrected chi connectivity index (χ1v) is 9.20. The minimum absolute atomic E-state index is 0.0833. The Morgan fingerprint density at radius 2 is 2.04 bits per heavy atom. The maximum Gasteiger partial charge on any atom is 0.230 e. The Balaban J connectivity index is 1.78. The maximum atomic E-state index is 10.7. The van der Waals surface area contributed by atoms with E-state index < -0.39 is 0 Å². The summed E-state index contributed by atoms with van der Waals surface area (Å²) in [5, 5.41) is 15.0. The molecule has 0 amide bonds. The molecular weight excluding hydrogens is 324 g/mol. The number of nitrogens with zero attached hydrogens (tertiary/aromatic N) is 4. The fraction of sp³-hybridized carbons (Fsp3) is 0.529. The van der Waals surface area contributed by atoms with Crippen LogP contribution in [0.2, 0.25) is 0 Å². The highest BCUT2D eigenvalue weighted by Gasteiger charge is 2.33. The Bertz CT molecular complexity index is 857. The number of fused-ring (bicyclic) bond motifs is 1. The van der Waals surface area contributed by atoms with Gasteiger partial charge in [-0.1, -0.05) is 18.3 Å². The van der Waals surface area contributed by atoms with E-state index in [1.807, 2.05) is 26.0 Å². The lowest BCUT2D eigenvalue weighted by Gasteiger charge is -2.35. The SMILES string of the molecule is Cc1nc2sc([C@H](c3ccc(C)o3)N3CCC(C)CC3)c(O)n2n1. The maximum absolute atomic E-state index is 10.7. The highest BCUT2D eigenvalue weighted by atomic mass is 32.1. The number of hydrogen-bond acceptors (Lipinski definition) is 6. The van der Waals surface area contributed by atoms with Gasteiger partial charge in [-0.15, -0.1) is 5.10 Å². The monoisotopic (exact) mass is 346 g/mol. The molecule has 0 aliphatic carbocycles. The van der Waals surface area contributed by atoms with Gasteiger partial charge in [0.25, 0.3) is 0 Å². The van der Waals surface area contributed by atoms with Crippen molar-refractivity contribution >= 4 is 16.3 Å². The number of piperidine rings is 1. The van der Waals surface area contributed by atoms with E-state index in [4.69, 9.17) is 4.42 Å². The summed E-state index contributed by atoms with van der Waals surface area (Å²) in [6, 6.07) is 3.91. The van der Waals surface area contributed by atoms with Crippen molar-refractivity contribution in [3.05, 3.63) is 34.4 Å². The van der Waals surface area contributed by atoms with Crippen LogP contribution in [-0.4, -0.2) is 37.7 Å². The number of likely N-dealkylation sites (tertiary alicyclic amines) is 1. The van der Waals surface area contributed by atoms with Crippen molar-refractivity contribution in [2.24, 2.45) is 5.92 Å².